The van der Waals surface area contributed by atoms with E-state index in [0.29, 0.717) is 37.7 Å². The van der Waals surface area contributed by atoms with Gasteiger partial charge < -0.3 is 47.4 Å². The lowest BCUT2D eigenvalue weighted by Gasteiger charge is -2.29. The van der Waals surface area contributed by atoms with Crippen LogP contribution in [-0.4, -0.2) is 112 Å². The first kappa shape index (κ1) is 60.6. The first-order valence-corrected chi connectivity index (χ1v) is 26.1. The number of carbonyl (C=O) groups excluding carboxylic acids is 7. The fourth-order valence-electron chi connectivity index (χ4n) is 8.53. The van der Waals surface area contributed by atoms with Crippen molar-refractivity contribution >= 4 is 53.3 Å². The lowest BCUT2D eigenvalue weighted by atomic mass is 10.0. The van der Waals surface area contributed by atoms with Gasteiger partial charge in [-0.3, -0.25) is 38.4 Å². The van der Waals surface area contributed by atoms with Crippen LogP contribution in [0.3, 0.4) is 0 Å². The van der Waals surface area contributed by atoms with E-state index in [1.54, 1.807) is 30.3 Å². The summed E-state index contributed by atoms with van der Waals surface area (Å²) in [7, 11) is 0. The largest absolute Gasteiger partial charge is 0.481 e. The molecule has 0 aromatic heterocycles. The SMILES string of the molecule is CCCCCCCCCCCCCCCC(=O)N[C@@H](CCC(=O)NCCCCC(NC(=O)C[C@@H](C)CC)C(=O)N[C@@H](Cc1ccccc1)C(=O)N[C@@H](CCC(=O)O)C(=O)N1CCC[C@H]1C(N)=O)C(=O)O. The fourth-order valence-corrected chi connectivity index (χ4v) is 8.53. The summed E-state index contributed by atoms with van der Waals surface area (Å²) < 4.78 is 0. The van der Waals surface area contributed by atoms with E-state index in [2.05, 4.69) is 33.5 Å². The molecule has 18 nitrogen and oxygen atoms in total. The molecule has 1 aromatic carbocycles. The summed E-state index contributed by atoms with van der Waals surface area (Å²) in [6, 6.07) is 2.97. The summed E-state index contributed by atoms with van der Waals surface area (Å²) >= 11 is 0. The van der Waals surface area contributed by atoms with Crippen LogP contribution in [0.2, 0.25) is 0 Å². The molecule has 1 fully saturated rings. The zero-order valence-electron chi connectivity index (χ0n) is 42.2. The standard InChI is InChI=1S/C52H85N7O11/c1-4-6-7-8-9-10-11-12-13-14-15-16-20-28-45(61)56-41(52(69)70)29-31-44(60)54-33-22-21-26-39(55-46(62)35-37(3)5-2)49(66)58-42(36-38-24-18-17-19-25-38)50(67)57-40(30-32-47(63)64)51(68)59-34-23-27-43(59)48(53)65/h17-19,24-25,37,39-43H,4-16,20-23,26-36H2,1-3H3,(H2,53,65)(H,54,60)(H,55,62)(H,56,61)(H,57,67)(H,58,66)(H,63,64)(H,69,70)/t37-,39?,40-,41-,42-,43-/m0/s1. The van der Waals surface area contributed by atoms with Crippen LogP contribution in [-0.2, 0) is 49.6 Å². The van der Waals surface area contributed by atoms with Crippen LogP contribution in [0.4, 0.5) is 0 Å². The molecule has 6 atom stereocenters. The number of nitrogens with zero attached hydrogens (tertiary/aromatic N) is 1. The van der Waals surface area contributed by atoms with E-state index < -0.39 is 78.1 Å². The number of nitrogens with two attached hydrogens (primary N) is 1. The molecule has 0 radical (unpaired) electrons. The molecule has 394 valence electrons. The highest BCUT2D eigenvalue weighted by Gasteiger charge is 2.38. The number of hydrogen-bond donors (Lipinski definition) is 8. The minimum absolute atomic E-state index is 0.0165. The van der Waals surface area contributed by atoms with Gasteiger partial charge in [-0.1, -0.05) is 135 Å². The van der Waals surface area contributed by atoms with Gasteiger partial charge in [0.15, 0.2) is 0 Å². The van der Waals surface area contributed by atoms with Gasteiger partial charge in [-0.05, 0) is 62.8 Å². The van der Waals surface area contributed by atoms with Crippen molar-refractivity contribution in [3.05, 3.63) is 35.9 Å². The molecule has 1 saturated heterocycles. The Morgan fingerprint density at radius 1 is 0.629 bits per heavy atom. The Morgan fingerprint density at radius 3 is 1.79 bits per heavy atom. The number of nitrogens with one attached hydrogen (secondary N) is 5. The highest BCUT2D eigenvalue weighted by atomic mass is 16.4. The lowest BCUT2D eigenvalue weighted by molar-refractivity contribution is -0.142. The predicted octanol–water partition coefficient (Wildman–Crippen LogP) is 5.58. The molecule has 1 aliphatic heterocycles. The second-order valence-electron chi connectivity index (χ2n) is 19.0. The fraction of sp³-hybridized carbons (Fsp3) is 0.712. The molecule has 0 spiro atoms. The number of hydrogen-bond acceptors (Lipinski definition) is 9. The molecule has 0 aliphatic carbocycles. The van der Waals surface area contributed by atoms with Crippen molar-refractivity contribution in [2.45, 2.75) is 218 Å². The zero-order chi connectivity index (χ0) is 51.7. The maximum atomic E-state index is 14.1. The van der Waals surface area contributed by atoms with Gasteiger partial charge in [0.1, 0.15) is 30.2 Å². The van der Waals surface area contributed by atoms with E-state index in [1.165, 1.54) is 62.7 Å². The molecule has 2 rings (SSSR count). The third kappa shape index (κ3) is 25.9. The van der Waals surface area contributed by atoms with Crippen molar-refractivity contribution in [3.63, 3.8) is 0 Å². The number of benzene rings is 1. The molecule has 9 N–H and O–H groups in total. The summed E-state index contributed by atoms with van der Waals surface area (Å²) in [5.74, 6) is -6.35. The molecule has 7 amide bonds. The Morgan fingerprint density at radius 2 is 1.20 bits per heavy atom. The van der Waals surface area contributed by atoms with Gasteiger partial charge in [0, 0.05) is 45.2 Å². The molecule has 1 heterocycles. The van der Waals surface area contributed by atoms with Gasteiger partial charge in [-0.2, -0.15) is 0 Å². The Kier molecular flexibility index (Phi) is 30.7. The highest BCUT2D eigenvalue weighted by Crippen LogP contribution is 2.20. The number of carboxylic acids is 2. The van der Waals surface area contributed by atoms with Gasteiger partial charge in [0.05, 0.1) is 0 Å². The minimum Gasteiger partial charge on any atom is -0.481 e. The molecule has 0 saturated carbocycles. The number of amides is 7. The average molecular weight is 984 g/mol. The van der Waals surface area contributed by atoms with E-state index in [4.69, 9.17) is 5.73 Å². The van der Waals surface area contributed by atoms with Crippen LogP contribution < -0.4 is 32.3 Å². The molecule has 1 aliphatic rings. The van der Waals surface area contributed by atoms with E-state index in [1.807, 2.05) is 13.8 Å². The maximum absolute atomic E-state index is 14.1. The number of unbranched alkanes of at least 4 members (excludes halogenated alkanes) is 13. The normalized spacial score (nSPS) is 15.4. The van der Waals surface area contributed by atoms with Crippen LogP contribution in [0.5, 0.6) is 0 Å². The Bertz CT molecular complexity index is 1780. The summed E-state index contributed by atoms with van der Waals surface area (Å²) in [5.41, 5.74) is 6.21. The molecular weight excluding hydrogens is 899 g/mol. The monoisotopic (exact) mass is 984 g/mol. The van der Waals surface area contributed by atoms with Gasteiger partial charge in [0.2, 0.25) is 41.4 Å². The number of carbonyl (C=O) groups is 9. The molecular formula is C52H85N7O11. The van der Waals surface area contributed by atoms with Crippen LogP contribution in [0, 0.1) is 5.92 Å². The Labute approximate surface area is 415 Å². The second kappa shape index (κ2) is 35.5. The first-order valence-electron chi connectivity index (χ1n) is 26.1. The van der Waals surface area contributed by atoms with E-state index in [9.17, 15) is 53.4 Å². The number of likely N-dealkylation sites (tertiary alicyclic amines) is 1. The third-order valence-corrected chi connectivity index (χ3v) is 13.0. The van der Waals surface area contributed by atoms with Gasteiger partial charge in [0.25, 0.3) is 0 Å². The van der Waals surface area contributed by atoms with Crippen molar-refractivity contribution < 1.29 is 53.4 Å². The van der Waals surface area contributed by atoms with Crippen LogP contribution in [0.25, 0.3) is 0 Å². The number of rotatable bonds is 39. The van der Waals surface area contributed by atoms with Crippen molar-refractivity contribution in [1.82, 2.24) is 31.5 Å². The smallest absolute Gasteiger partial charge is 0.326 e. The summed E-state index contributed by atoms with van der Waals surface area (Å²) in [5, 5.41) is 32.7. The summed E-state index contributed by atoms with van der Waals surface area (Å²) in [6.45, 7) is 6.45. The van der Waals surface area contributed by atoms with Gasteiger partial charge in [-0.15, -0.1) is 0 Å². The van der Waals surface area contributed by atoms with Gasteiger partial charge >= 0.3 is 11.9 Å². The molecule has 1 unspecified atom stereocenters. The molecule has 18 heteroatoms. The topological polar surface area (TPSA) is 284 Å². The maximum Gasteiger partial charge on any atom is 0.326 e. The summed E-state index contributed by atoms with van der Waals surface area (Å²) in [6.07, 6.45) is 17.1. The predicted molar refractivity (Wildman–Crippen MR) is 267 cm³/mol. The number of aliphatic carboxylic acids is 2. The number of primary amides is 1. The number of carboxylic acid groups (broad SMARTS) is 2. The Hall–Kier alpha value is -5.55. The quantitative estimate of drug-likeness (QED) is 0.0377. The zero-order valence-corrected chi connectivity index (χ0v) is 42.2. The van der Waals surface area contributed by atoms with Crippen molar-refractivity contribution in [2.24, 2.45) is 11.7 Å². The van der Waals surface area contributed by atoms with E-state index >= 15 is 0 Å². The highest BCUT2D eigenvalue weighted by molar-refractivity contribution is 5.96. The van der Waals surface area contributed by atoms with E-state index in [0.717, 1.165) is 25.7 Å². The molecule has 1 aromatic rings. The van der Waals surface area contributed by atoms with Crippen LogP contribution >= 0.6 is 0 Å². The van der Waals surface area contributed by atoms with Crippen molar-refractivity contribution in [2.75, 3.05) is 13.1 Å². The van der Waals surface area contributed by atoms with Crippen LogP contribution in [0.15, 0.2) is 30.3 Å². The second-order valence-corrected chi connectivity index (χ2v) is 19.0. The van der Waals surface area contributed by atoms with Gasteiger partial charge in [-0.25, -0.2) is 4.79 Å². The van der Waals surface area contributed by atoms with Crippen LogP contribution in [0.1, 0.15) is 187 Å². The molecule has 0 bridgehead atoms. The minimum atomic E-state index is -1.34. The van der Waals surface area contributed by atoms with Crippen molar-refractivity contribution in [1.29, 1.82) is 0 Å². The summed E-state index contributed by atoms with van der Waals surface area (Å²) in [4.78, 5) is 117. The lowest BCUT2D eigenvalue weighted by Crippen LogP contribution is -2.58. The average Bonchev–Trinajstić information content (AvgIpc) is 3.83. The first-order chi connectivity index (χ1) is 33.6. The van der Waals surface area contributed by atoms with E-state index in [-0.39, 0.29) is 75.8 Å². The third-order valence-electron chi connectivity index (χ3n) is 13.0. The van der Waals surface area contributed by atoms with Crippen molar-refractivity contribution in [3.8, 4) is 0 Å². The Balaban J connectivity index is 1.97. The molecule has 70 heavy (non-hydrogen) atoms.